The van der Waals surface area contributed by atoms with Gasteiger partial charge in [0.1, 0.15) is 0 Å². The van der Waals surface area contributed by atoms with E-state index in [0.717, 1.165) is 16.6 Å². The number of nitrogens with zero attached hydrogens (tertiary/aromatic N) is 1. The molecule has 0 aliphatic rings. The summed E-state index contributed by atoms with van der Waals surface area (Å²) in [6.45, 7) is 1.92. The van der Waals surface area contributed by atoms with Gasteiger partial charge in [-0.3, -0.25) is 9.78 Å². The minimum absolute atomic E-state index is 0.0975. The lowest BCUT2D eigenvalue weighted by Gasteiger charge is -2.13. The van der Waals surface area contributed by atoms with Gasteiger partial charge in [-0.05, 0) is 42.6 Å². The molecule has 0 saturated carbocycles. The van der Waals surface area contributed by atoms with E-state index >= 15 is 0 Å². The van der Waals surface area contributed by atoms with Crippen LogP contribution in [-0.4, -0.2) is 15.9 Å². The lowest BCUT2D eigenvalue weighted by molar-refractivity contribution is 0.0939. The second kappa shape index (κ2) is 5.17. The van der Waals surface area contributed by atoms with Gasteiger partial charge in [0.05, 0.1) is 11.7 Å². The average molecular weight is 265 g/mol. The Bertz CT molecular complexity index is 734. The van der Waals surface area contributed by atoms with Crippen LogP contribution < -0.4 is 5.32 Å². The summed E-state index contributed by atoms with van der Waals surface area (Å²) in [6.07, 6.45) is 3.59. The number of aromatic amines is 1. The predicted octanol–water partition coefficient (Wildman–Crippen LogP) is 3.05. The Kier molecular flexibility index (Phi) is 3.21. The van der Waals surface area contributed by atoms with Gasteiger partial charge in [-0.25, -0.2) is 0 Å². The molecule has 0 aliphatic carbocycles. The van der Waals surface area contributed by atoms with Crippen molar-refractivity contribution < 1.29 is 4.79 Å². The van der Waals surface area contributed by atoms with E-state index in [1.54, 1.807) is 6.20 Å². The maximum Gasteiger partial charge on any atom is 0.251 e. The van der Waals surface area contributed by atoms with E-state index in [4.69, 9.17) is 0 Å². The minimum atomic E-state index is -0.122. The number of amides is 1. The summed E-state index contributed by atoms with van der Waals surface area (Å²) in [5.41, 5.74) is 2.45. The first-order valence-electron chi connectivity index (χ1n) is 6.53. The van der Waals surface area contributed by atoms with E-state index in [1.165, 1.54) is 0 Å². The topological polar surface area (TPSA) is 57.8 Å². The van der Waals surface area contributed by atoms with Crippen LogP contribution in [-0.2, 0) is 0 Å². The first kappa shape index (κ1) is 12.4. The molecule has 4 heteroatoms. The summed E-state index contributed by atoms with van der Waals surface area (Å²) in [7, 11) is 0. The van der Waals surface area contributed by atoms with Gasteiger partial charge in [0.2, 0.25) is 0 Å². The van der Waals surface area contributed by atoms with E-state index < -0.39 is 0 Å². The van der Waals surface area contributed by atoms with Gasteiger partial charge in [-0.15, -0.1) is 0 Å². The van der Waals surface area contributed by atoms with Crippen molar-refractivity contribution in [2.45, 2.75) is 13.0 Å². The Morgan fingerprint density at radius 1 is 1.25 bits per heavy atom. The van der Waals surface area contributed by atoms with Crippen LogP contribution >= 0.6 is 0 Å². The van der Waals surface area contributed by atoms with Crippen LogP contribution in [0.15, 0.2) is 54.9 Å². The van der Waals surface area contributed by atoms with E-state index in [0.29, 0.717) is 5.56 Å². The summed E-state index contributed by atoms with van der Waals surface area (Å²) in [4.78, 5) is 19.6. The summed E-state index contributed by atoms with van der Waals surface area (Å²) < 4.78 is 0. The Labute approximate surface area is 116 Å². The molecular formula is C16H15N3O. The third kappa shape index (κ3) is 2.40. The van der Waals surface area contributed by atoms with E-state index in [2.05, 4.69) is 15.3 Å². The number of hydrogen-bond donors (Lipinski definition) is 2. The molecule has 0 spiro atoms. The second-order valence-electron chi connectivity index (χ2n) is 4.73. The third-order valence-corrected chi connectivity index (χ3v) is 3.30. The molecule has 2 aromatic heterocycles. The average Bonchev–Trinajstić information content (AvgIpc) is 2.95. The van der Waals surface area contributed by atoms with Gasteiger partial charge in [-0.1, -0.05) is 12.1 Å². The molecule has 1 atom stereocenters. The van der Waals surface area contributed by atoms with E-state index in [1.807, 2.05) is 55.6 Å². The van der Waals surface area contributed by atoms with Crippen LogP contribution in [0.25, 0.3) is 10.9 Å². The molecule has 0 radical (unpaired) electrons. The normalized spacial score (nSPS) is 12.2. The van der Waals surface area contributed by atoms with E-state index in [-0.39, 0.29) is 11.9 Å². The van der Waals surface area contributed by atoms with Gasteiger partial charge in [0.25, 0.3) is 5.91 Å². The zero-order valence-electron chi connectivity index (χ0n) is 11.1. The van der Waals surface area contributed by atoms with Crippen LogP contribution in [0.1, 0.15) is 29.0 Å². The van der Waals surface area contributed by atoms with Gasteiger partial charge in [0, 0.05) is 23.5 Å². The monoisotopic (exact) mass is 265 g/mol. The zero-order chi connectivity index (χ0) is 13.9. The molecule has 1 aromatic carbocycles. The van der Waals surface area contributed by atoms with Crippen LogP contribution in [0.2, 0.25) is 0 Å². The van der Waals surface area contributed by atoms with E-state index in [9.17, 15) is 4.79 Å². The number of rotatable bonds is 3. The largest absolute Gasteiger partial charge is 0.361 e. The number of benzene rings is 1. The fraction of sp³-hybridized carbons (Fsp3) is 0.125. The molecule has 3 rings (SSSR count). The molecule has 0 bridgehead atoms. The Morgan fingerprint density at radius 2 is 2.15 bits per heavy atom. The number of fused-ring (bicyclic) bond motifs is 1. The number of carbonyl (C=O) groups excluding carboxylic acids is 1. The van der Waals surface area contributed by atoms with Crippen LogP contribution in [0.4, 0.5) is 0 Å². The number of hydrogen-bond acceptors (Lipinski definition) is 2. The standard InChI is InChI=1S/C16H15N3O/c1-11(14-4-2-3-8-17-14)19-16(20)13-6-5-12-7-9-18-15(12)10-13/h2-11,18H,1H3,(H,19,20)/t11-/m0/s1. The van der Waals surface area contributed by atoms with Crippen molar-refractivity contribution >= 4 is 16.8 Å². The van der Waals surface area contributed by atoms with Crippen LogP contribution in [0, 0.1) is 0 Å². The highest BCUT2D eigenvalue weighted by atomic mass is 16.1. The fourth-order valence-corrected chi connectivity index (χ4v) is 2.18. The molecule has 4 nitrogen and oxygen atoms in total. The molecule has 100 valence electrons. The van der Waals surface area contributed by atoms with Gasteiger partial charge in [-0.2, -0.15) is 0 Å². The lowest BCUT2D eigenvalue weighted by atomic mass is 10.1. The molecule has 2 N–H and O–H groups in total. The van der Waals surface area contributed by atoms with Crippen LogP contribution in [0.3, 0.4) is 0 Å². The number of aromatic nitrogens is 2. The third-order valence-electron chi connectivity index (χ3n) is 3.30. The van der Waals surface area contributed by atoms with Crippen molar-refractivity contribution in [3.8, 4) is 0 Å². The van der Waals surface area contributed by atoms with Crippen molar-refractivity contribution in [3.05, 3.63) is 66.1 Å². The Balaban J connectivity index is 1.78. The maximum atomic E-state index is 12.2. The fourth-order valence-electron chi connectivity index (χ4n) is 2.18. The first-order chi connectivity index (χ1) is 9.74. The van der Waals surface area contributed by atoms with Crippen molar-refractivity contribution in [1.29, 1.82) is 0 Å². The Morgan fingerprint density at radius 3 is 2.95 bits per heavy atom. The van der Waals surface area contributed by atoms with Crippen molar-refractivity contribution in [2.75, 3.05) is 0 Å². The SMILES string of the molecule is C[C@H](NC(=O)c1ccc2cc[nH]c2c1)c1ccccn1. The molecule has 0 aliphatic heterocycles. The molecule has 1 amide bonds. The number of pyridine rings is 1. The second-order valence-corrected chi connectivity index (χ2v) is 4.73. The predicted molar refractivity (Wildman–Crippen MR) is 78.4 cm³/mol. The highest BCUT2D eigenvalue weighted by Gasteiger charge is 2.12. The number of carbonyl (C=O) groups is 1. The highest BCUT2D eigenvalue weighted by molar-refractivity contribution is 5.98. The van der Waals surface area contributed by atoms with Crippen molar-refractivity contribution in [1.82, 2.24) is 15.3 Å². The molecule has 3 aromatic rings. The summed E-state index contributed by atoms with van der Waals surface area (Å²) >= 11 is 0. The molecule has 20 heavy (non-hydrogen) atoms. The lowest BCUT2D eigenvalue weighted by Crippen LogP contribution is -2.27. The number of H-pyrrole nitrogens is 1. The Hall–Kier alpha value is -2.62. The van der Waals surface area contributed by atoms with Crippen molar-refractivity contribution in [3.63, 3.8) is 0 Å². The molecule has 0 fully saturated rings. The van der Waals surface area contributed by atoms with Gasteiger partial charge < -0.3 is 10.3 Å². The molecule has 0 unspecified atom stereocenters. The van der Waals surface area contributed by atoms with Gasteiger partial charge >= 0.3 is 0 Å². The van der Waals surface area contributed by atoms with Crippen molar-refractivity contribution in [2.24, 2.45) is 0 Å². The smallest absolute Gasteiger partial charge is 0.251 e. The summed E-state index contributed by atoms with van der Waals surface area (Å²) in [5, 5.41) is 4.05. The van der Waals surface area contributed by atoms with Gasteiger partial charge in [0.15, 0.2) is 0 Å². The maximum absolute atomic E-state index is 12.2. The minimum Gasteiger partial charge on any atom is -0.361 e. The zero-order valence-corrected chi connectivity index (χ0v) is 11.1. The number of nitrogens with one attached hydrogen (secondary N) is 2. The highest BCUT2D eigenvalue weighted by Crippen LogP contribution is 2.15. The summed E-state index contributed by atoms with van der Waals surface area (Å²) in [6, 6.07) is 13.2. The first-order valence-corrected chi connectivity index (χ1v) is 6.53. The quantitative estimate of drug-likeness (QED) is 0.764. The molecular weight excluding hydrogens is 250 g/mol. The summed E-state index contributed by atoms with van der Waals surface area (Å²) in [5.74, 6) is -0.0975. The van der Waals surface area contributed by atoms with Crippen LogP contribution in [0.5, 0.6) is 0 Å². The molecule has 0 saturated heterocycles. The molecule has 2 heterocycles.